The number of oxazole rings is 1. The highest BCUT2D eigenvalue weighted by Gasteiger charge is 2.12. The van der Waals surface area contributed by atoms with E-state index in [1.807, 2.05) is 6.92 Å². The summed E-state index contributed by atoms with van der Waals surface area (Å²) in [5, 5.41) is 4.93. The van der Waals surface area contributed by atoms with Crippen LogP contribution in [0.5, 0.6) is 0 Å². The van der Waals surface area contributed by atoms with Gasteiger partial charge in [-0.1, -0.05) is 23.2 Å². The van der Waals surface area contributed by atoms with Gasteiger partial charge >= 0.3 is 0 Å². The van der Waals surface area contributed by atoms with E-state index in [1.54, 1.807) is 19.4 Å². The van der Waals surface area contributed by atoms with Crippen molar-refractivity contribution in [2.24, 2.45) is 0 Å². The number of halogens is 2. The van der Waals surface area contributed by atoms with E-state index in [0.717, 1.165) is 5.69 Å². The van der Waals surface area contributed by atoms with Crippen LogP contribution in [-0.4, -0.2) is 17.0 Å². The first-order valence-electron chi connectivity index (χ1n) is 4.74. The molecule has 0 radical (unpaired) electrons. The number of aromatic nitrogens is 2. The van der Waals surface area contributed by atoms with Gasteiger partial charge in [0.1, 0.15) is 17.1 Å². The van der Waals surface area contributed by atoms with Gasteiger partial charge < -0.3 is 9.73 Å². The molecule has 0 spiro atoms. The Hall–Kier alpha value is -0.910. The molecule has 0 fully saturated rings. The van der Waals surface area contributed by atoms with Crippen LogP contribution in [0.3, 0.4) is 0 Å². The van der Waals surface area contributed by atoms with Crippen molar-refractivity contribution in [1.29, 1.82) is 0 Å². The molecule has 0 amide bonds. The maximum absolute atomic E-state index is 6.05. The minimum atomic E-state index is 0.467. The molecule has 7 heteroatoms. The number of hydrogen-bond acceptors (Lipinski definition) is 5. The summed E-state index contributed by atoms with van der Waals surface area (Å²) in [4.78, 5) is 8.45. The second-order valence-corrected chi connectivity index (χ2v) is 4.97. The third kappa shape index (κ3) is 2.86. The van der Waals surface area contributed by atoms with Crippen molar-refractivity contribution in [3.8, 4) is 0 Å². The average molecular weight is 290 g/mol. The maximum atomic E-state index is 6.05. The predicted molar refractivity (Wildman–Crippen MR) is 69.2 cm³/mol. The Labute approximate surface area is 113 Å². The van der Waals surface area contributed by atoms with Crippen LogP contribution < -0.4 is 5.32 Å². The molecule has 2 aromatic rings. The topological polar surface area (TPSA) is 51.0 Å². The van der Waals surface area contributed by atoms with E-state index < -0.39 is 0 Å². The van der Waals surface area contributed by atoms with Gasteiger partial charge in [0.2, 0.25) is 0 Å². The Morgan fingerprint density at radius 1 is 1.29 bits per heavy atom. The molecule has 1 N–H and O–H groups in total. The van der Waals surface area contributed by atoms with E-state index in [1.165, 1.54) is 11.8 Å². The van der Waals surface area contributed by atoms with Crippen LogP contribution in [0.15, 0.2) is 27.0 Å². The molecule has 0 aliphatic rings. The summed E-state index contributed by atoms with van der Waals surface area (Å²) in [6.07, 6.45) is 1.57. The van der Waals surface area contributed by atoms with Crippen molar-refractivity contribution in [3.05, 3.63) is 28.1 Å². The molecule has 0 bridgehead atoms. The first-order chi connectivity index (χ1) is 8.10. The zero-order valence-electron chi connectivity index (χ0n) is 9.12. The highest BCUT2D eigenvalue weighted by atomic mass is 35.5. The average Bonchev–Trinajstić information content (AvgIpc) is 2.68. The first-order valence-corrected chi connectivity index (χ1v) is 6.31. The largest absolute Gasteiger partial charge is 0.439 e. The molecule has 2 aromatic heterocycles. The molecule has 90 valence electrons. The van der Waals surface area contributed by atoms with Gasteiger partial charge in [-0.15, -0.1) is 0 Å². The Balaban J connectivity index is 2.32. The van der Waals surface area contributed by atoms with Crippen LogP contribution in [0, 0.1) is 6.92 Å². The van der Waals surface area contributed by atoms with Crippen LogP contribution in [0.4, 0.5) is 5.82 Å². The minimum absolute atomic E-state index is 0.467. The lowest BCUT2D eigenvalue weighted by Crippen LogP contribution is -1.95. The van der Waals surface area contributed by atoms with Crippen LogP contribution in [0.25, 0.3) is 0 Å². The fraction of sp³-hybridized carbons (Fsp3) is 0.200. The van der Waals surface area contributed by atoms with E-state index in [2.05, 4.69) is 15.3 Å². The molecule has 2 rings (SSSR count). The monoisotopic (exact) mass is 289 g/mol. The van der Waals surface area contributed by atoms with Gasteiger partial charge in [-0.2, -0.15) is 0 Å². The molecular formula is C10H9Cl2N3OS. The Kier molecular flexibility index (Phi) is 3.81. The first kappa shape index (κ1) is 12.5. The van der Waals surface area contributed by atoms with Crippen LogP contribution >= 0.6 is 35.0 Å². The molecule has 0 aromatic carbocycles. The number of anilines is 1. The molecular weight excluding hydrogens is 281 g/mol. The third-order valence-corrected chi connectivity index (χ3v) is 3.47. The number of pyridine rings is 1. The Bertz CT molecular complexity index is 544. The number of hydrogen-bond donors (Lipinski definition) is 1. The molecule has 0 atom stereocenters. The zero-order valence-corrected chi connectivity index (χ0v) is 11.4. The van der Waals surface area contributed by atoms with Crippen LogP contribution in [-0.2, 0) is 0 Å². The van der Waals surface area contributed by atoms with Crippen molar-refractivity contribution in [1.82, 2.24) is 9.97 Å². The molecule has 0 saturated carbocycles. The normalized spacial score (nSPS) is 10.6. The summed E-state index contributed by atoms with van der Waals surface area (Å²) in [5.41, 5.74) is 0.812. The van der Waals surface area contributed by atoms with Crippen molar-refractivity contribution in [2.75, 3.05) is 12.4 Å². The molecule has 0 aliphatic carbocycles. The fourth-order valence-electron chi connectivity index (χ4n) is 1.16. The second kappa shape index (κ2) is 5.16. The predicted octanol–water partition coefficient (Wildman–Crippen LogP) is 3.88. The van der Waals surface area contributed by atoms with Crippen LogP contribution in [0.1, 0.15) is 5.69 Å². The Morgan fingerprint density at radius 3 is 2.65 bits per heavy atom. The summed E-state index contributed by atoms with van der Waals surface area (Å²) in [6.45, 7) is 1.85. The van der Waals surface area contributed by atoms with E-state index in [9.17, 15) is 0 Å². The van der Waals surface area contributed by atoms with Crippen molar-refractivity contribution < 1.29 is 4.42 Å². The van der Waals surface area contributed by atoms with E-state index in [4.69, 9.17) is 27.6 Å². The summed E-state index contributed by atoms with van der Waals surface area (Å²) in [6, 6.07) is 1.64. The summed E-state index contributed by atoms with van der Waals surface area (Å²) >= 11 is 13.3. The van der Waals surface area contributed by atoms with Gasteiger partial charge in [0.25, 0.3) is 5.22 Å². The molecule has 2 heterocycles. The lowest BCUT2D eigenvalue weighted by molar-refractivity contribution is 0.454. The van der Waals surface area contributed by atoms with Gasteiger partial charge in [-0.25, -0.2) is 9.97 Å². The molecule has 17 heavy (non-hydrogen) atoms. The number of aryl methyl sites for hydroxylation is 1. The highest BCUT2D eigenvalue weighted by molar-refractivity contribution is 7.99. The zero-order chi connectivity index (χ0) is 12.4. The maximum Gasteiger partial charge on any atom is 0.262 e. The van der Waals surface area contributed by atoms with E-state index in [-0.39, 0.29) is 0 Å². The standard InChI is InChI=1S/C10H9Cl2N3OS/c1-5-4-16-10(14-5)17-9-7(12)3-6(11)8(13-2)15-9/h3-4H,1-2H3,(H,13,15). The van der Waals surface area contributed by atoms with Gasteiger partial charge in [-0.3, -0.25) is 0 Å². The second-order valence-electron chi connectivity index (χ2n) is 3.21. The van der Waals surface area contributed by atoms with Gasteiger partial charge in [0.05, 0.1) is 15.7 Å². The van der Waals surface area contributed by atoms with Crippen LogP contribution in [0.2, 0.25) is 10.0 Å². The van der Waals surface area contributed by atoms with E-state index in [0.29, 0.717) is 26.1 Å². The highest BCUT2D eigenvalue weighted by Crippen LogP contribution is 2.35. The van der Waals surface area contributed by atoms with E-state index >= 15 is 0 Å². The minimum Gasteiger partial charge on any atom is -0.439 e. The lowest BCUT2D eigenvalue weighted by Gasteiger charge is -2.06. The van der Waals surface area contributed by atoms with Crippen molar-refractivity contribution in [3.63, 3.8) is 0 Å². The number of rotatable bonds is 3. The SMILES string of the molecule is CNc1nc(Sc2nc(C)co2)c(Cl)cc1Cl. The fourth-order valence-corrected chi connectivity index (χ4v) is 2.47. The molecule has 0 aliphatic heterocycles. The molecule has 4 nitrogen and oxygen atoms in total. The Morgan fingerprint density at radius 2 is 2.06 bits per heavy atom. The lowest BCUT2D eigenvalue weighted by atomic mass is 10.4. The quantitative estimate of drug-likeness (QED) is 0.929. The van der Waals surface area contributed by atoms with Crippen molar-refractivity contribution >= 4 is 40.8 Å². The number of nitrogens with zero attached hydrogens (tertiary/aromatic N) is 2. The molecule has 0 saturated heterocycles. The third-order valence-electron chi connectivity index (χ3n) is 1.92. The summed E-state index contributed by atoms with van der Waals surface area (Å²) in [5.74, 6) is 0.571. The van der Waals surface area contributed by atoms with Gasteiger partial charge in [-0.05, 0) is 24.8 Å². The summed E-state index contributed by atoms with van der Waals surface area (Å²) < 4.78 is 5.23. The van der Waals surface area contributed by atoms with Gasteiger partial charge in [0, 0.05) is 7.05 Å². The molecule has 0 unspecified atom stereocenters. The van der Waals surface area contributed by atoms with Crippen molar-refractivity contribution in [2.45, 2.75) is 17.2 Å². The van der Waals surface area contributed by atoms with Gasteiger partial charge in [0.15, 0.2) is 0 Å². The smallest absolute Gasteiger partial charge is 0.262 e. The summed E-state index contributed by atoms with van der Waals surface area (Å²) in [7, 11) is 1.74. The number of nitrogens with one attached hydrogen (secondary N) is 1.